The molecule has 1 heterocycles. The van der Waals surface area contributed by atoms with Crippen molar-refractivity contribution in [1.29, 1.82) is 0 Å². The van der Waals surface area contributed by atoms with Gasteiger partial charge in [-0.15, -0.1) is 23.2 Å². The van der Waals surface area contributed by atoms with Crippen molar-refractivity contribution in [3.63, 3.8) is 0 Å². The summed E-state index contributed by atoms with van der Waals surface area (Å²) in [7, 11) is 0. The van der Waals surface area contributed by atoms with Crippen LogP contribution in [0.4, 0.5) is 0 Å². The molecule has 1 rings (SSSR count). The fourth-order valence-corrected chi connectivity index (χ4v) is 1.50. The number of nitrogens with zero attached hydrogens (tertiary/aromatic N) is 1. The van der Waals surface area contributed by atoms with Crippen LogP contribution in [0.3, 0.4) is 0 Å². The van der Waals surface area contributed by atoms with Crippen LogP contribution in [0.1, 0.15) is 20.8 Å². The second kappa shape index (κ2) is 3.83. The minimum atomic E-state index is -0.942. The van der Waals surface area contributed by atoms with Crippen LogP contribution in [0.25, 0.3) is 0 Å². The van der Waals surface area contributed by atoms with Crippen LogP contribution in [-0.4, -0.2) is 34.1 Å². The summed E-state index contributed by atoms with van der Waals surface area (Å²) >= 11 is 11.4. The van der Waals surface area contributed by atoms with Gasteiger partial charge in [-0.1, -0.05) is 0 Å². The van der Waals surface area contributed by atoms with E-state index in [-0.39, 0.29) is 23.6 Å². The molecule has 1 atom stereocenters. The van der Waals surface area contributed by atoms with E-state index in [1.807, 2.05) is 0 Å². The van der Waals surface area contributed by atoms with E-state index >= 15 is 0 Å². The zero-order valence-corrected chi connectivity index (χ0v) is 10.4. The molecule has 0 bridgehead atoms. The van der Waals surface area contributed by atoms with E-state index in [1.165, 1.54) is 5.01 Å². The van der Waals surface area contributed by atoms with Crippen LogP contribution in [-0.2, 0) is 9.59 Å². The van der Waals surface area contributed by atoms with Gasteiger partial charge < -0.3 is 0 Å². The summed E-state index contributed by atoms with van der Waals surface area (Å²) in [4.78, 5) is 23.3. The molecule has 1 N–H and O–H groups in total. The van der Waals surface area contributed by atoms with Gasteiger partial charge in [0, 0.05) is 5.88 Å². The van der Waals surface area contributed by atoms with Crippen molar-refractivity contribution in [2.45, 2.75) is 26.3 Å². The van der Waals surface area contributed by atoms with E-state index in [2.05, 4.69) is 5.43 Å². The van der Waals surface area contributed by atoms with Gasteiger partial charge in [0.25, 0.3) is 5.91 Å². The normalized spacial score (nSPS) is 25.9. The molecule has 1 unspecified atom stereocenters. The largest absolute Gasteiger partial charge is 0.272 e. The average molecular weight is 253 g/mol. The van der Waals surface area contributed by atoms with E-state index in [0.29, 0.717) is 0 Å². The Kier molecular flexibility index (Phi) is 3.22. The minimum absolute atomic E-state index is 0.0724. The van der Waals surface area contributed by atoms with Crippen molar-refractivity contribution in [2.24, 2.45) is 5.41 Å². The summed E-state index contributed by atoms with van der Waals surface area (Å²) in [5.74, 6) is -0.198. The van der Waals surface area contributed by atoms with Gasteiger partial charge in [-0.2, -0.15) is 0 Å². The maximum Gasteiger partial charge on any atom is 0.267 e. The molecule has 15 heavy (non-hydrogen) atoms. The standard InChI is InChI=1S/C9H14Cl2N2O2/c1-8(2,4-10)7(15)13-9(3,5-11)6(14)12-13/h4-5H2,1-3H3,(H,12,14). The Bertz CT molecular complexity index is 306. The molecule has 0 aromatic rings. The van der Waals surface area contributed by atoms with Crippen LogP contribution in [0, 0.1) is 5.41 Å². The third-order valence-corrected chi connectivity index (χ3v) is 3.76. The third-order valence-electron chi connectivity index (χ3n) is 2.57. The molecule has 1 fully saturated rings. The molecule has 1 saturated heterocycles. The summed E-state index contributed by atoms with van der Waals surface area (Å²) in [5.41, 5.74) is 0.778. The van der Waals surface area contributed by atoms with Gasteiger partial charge >= 0.3 is 0 Å². The highest BCUT2D eigenvalue weighted by Crippen LogP contribution is 2.30. The maximum atomic E-state index is 12.0. The lowest BCUT2D eigenvalue weighted by Crippen LogP contribution is -2.78. The molecule has 0 aromatic carbocycles. The molecule has 4 nitrogen and oxygen atoms in total. The zero-order valence-electron chi connectivity index (χ0n) is 8.93. The lowest BCUT2D eigenvalue weighted by Gasteiger charge is -2.49. The number of halogens is 2. The molecule has 0 saturated carbocycles. The fraction of sp³-hybridized carbons (Fsp3) is 0.778. The maximum absolute atomic E-state index is 12.0. The predicted molar refractivity (Wildman–Crippen MR) is 58.6 cm³/mol. The number of rotatable bonds is 3. The van der Waals surface area contributed by atoms with E-state index < -0.39 is 11.0 Å². The van der Waals surface area contributed by atoms with Gasteiger partial charge in [-0.25, -0.2) is 5.01 Å². The van der Waals surface area contributed by atoms with E-state index in [9.17, 15) is 9.59 Å². The molecule has 0 aromatic heterocycles. The first kappa shape index (κ1) is 12.6. The first-order valence-electron chi connectivity index (χ1n) is 4.57. The Labute approximate surface area is 98.9 Å². The van der Waals surface area contributed by atoms with Gasteiger partial charge in [-0.05, 0) is 20.8 Å². The molecule has 2 amide bonds. The molecular weight excluding hydrogens is 239 g/mol. The van der Waals surface area contributed by atoms with E-state index in [0.717, 1.165) is 0 Å². The first-order valence-corrected chi connectivity index (χ1v) is 5.64. The fourth-order valence-electron chi connectivity index (χ4n) is 1.15. The highest BCUT2D eigenvalue weighted by atomic mass is 35.5. The summed E-state index contributed by atoms with van der Waals surface area (Å²) in [6.45, 7) is 5.07. The summed E-state index contributed by atoms with van der Waals surface area (Å²) < 4.78 is 0. The van der Waals surface area contributed by atoms with Crippen molar-refractivity contribution in [2.75, 3.05) is 11.8 Å². The van der Waals surface area contributed by atoms with Crippen LogP contribution >= 0.6 is 23.2 Å². The topological polar surface area (TPSA) is 49.4 Å². The number of hydrogen-bond donors (Lipinski definition) is 1. The number of nitrogens with one attached hydrogen (secondary N) is 1. The average Bonchev–Trinajstić information content (AvgIpc) is 2.23. The molecule has 0 aliphatic carbocycles. The van der Waals surface area contributed by atoms with Crippen LogP contribution in [0.15, 0.2) is 0 Å². The van der Waals surface area contributed by atoms with Gasteiger partial charge in [0.1, 0.15) is 0 Å². The Balaban J connectivity index is 2.84. The van der Waals surface area contributed by atoms with Crippen LogP contribution in [0.5, 0.6) is 0 Å². The quantitative estimate of drug-likeness (QED) is 0.766. The molecule has 1 aliphatic rings. The number of alkyl halides is 2. The number of amides is 2. The smallest absolute Gasteiger partial charge is 0.267 e. The van der Waals surface area contributed by atoms with Crippen molar-refractivity contribution in [1.82, 2.24) is 10.4 Å². The second-order valence-corrected chi connectivity index (χ2v) is 5.04. The summed E-state index contributed by atoms with van der Waals surface area (Å²) in [5, 5.41) is 1.27. The Morgan fingerprint density at radius 3 is 2.40 bits per heavy atom. The SMILES string of the molecule is CC(C)(CCl)C(=O)N1NC(=O)C1(C)CCl. The van der Waals surface area contributed by atoms with Crippen LogP contribution < -0.4 is 5.43 Å². The van der Waals surface area contributed by atoms with Gasteiger partial charge in [0.15, 0.2) is 5.54 Å². The van der Waals surface area contributed by atoms with Crippen molar-refractivity contribution in [3.8, 4) is 0 Å². The van der Waals surface area contributed by atoms with Gasteiger partial charge in [0.05, 0.1) is 11.3 Å². The molecular formula is C9H14Cl2N2O2. The zero-order chi connectivity index (χ0) is 11.9. The van der Waals surface area contributed by atoms with E-state index in [4.69, 9.17) is 23.2 Å². The second-order valence-electron chi connectivity index (χ2n) is 4.51. The third kappa shape index (κ3) is 1.81. The Hall–Kier alpha value is -0.480. The Morgan fingerprint density at radius 2 is 2.07 bits per heavy atom. The first-order chi connectivity index (χ1) is 6.79. The van der Waals surface area contributed by atoms with Gasteiger partial charge in [-0.3, -0.25) is 15.0 Å². The molecule has 0 radical (unpaired) electrons. The summed E-state index contributed by atoms with van der Waals surface area (Å²) in [6, 6.07) is 0. The van der Waals surface area contributed by atoms with Crippen molar-refractivity contribution >= 4 is 35.0 Å². The van der Waals surface area contributed by atoms with Crippen LogP contribution in [0.2, 0.25) is 0 Å². The number of carbonyl (C=O) groups is 2. The van der Waals surface area contributed by atoms with Crippen molar-refractivity contribution in [3.05, 3.63) is 0 Å². The number of hydrazine groups is 1. The molecule has 6 heteroatoms. The minimum Gasteiger partial charge on any atom is -0.272 e. The monoisotopic (exact) mass is 252 g/mol. The highest BCUT2D eigenvalue weighted by Gasteiger charge is 2.54. The number of hydrogen-bond acceptors (Lipinski definition) is 2. The van der Waals surface area contributed by atoms with E-state index in [1.54, 1.807) is 20.8 Å². The molecule has 1 aliphatic heterocycles. The van der Waals surface area contributed by atoms with Gasteiger partial charge in [0.2, 0.25) is 5.91 Å². The predicted octanol–water partition coefficient (Wildman–Crippen LogP) is 1.12. The lowest BCUT2D eigenvalue weighted by atomic mass is 9.90. The lowest BCUT2D eigenvalue weighted by molar-refractivity contribution is -0.177. The highest BCUT2D eigenvalue weighted by molar-refractivity contribution is 6.22. The Morgan fingerprint density at radius 1 is 1.53 bits per heavy atom. The number of carbonyl (C=O) groups excluding carboxylic acids is 2. The molecule has 0 spiro atoms. The molecule has 86 valence electrons. The summed E-state index contributed by atoms with van der Waals surface area (Å²) in [6.07, 6.45) is 0. The van der Waals surface area contributed by atoms with Crippen molar-refractivity contribution < 1.29 is 9.59 Å².